The predicted octanol–water partition coefficient (Wildman–Crippen LogP) is 14.3. The van der Waals surface area contributed by atoms with Crippen LogP contribution in [0, 0.1) is 0 Å². The van der Waals surface area contributed by atoms with Crippen molar-refractivity contribution in [3.05, 3.63) is 85.1 Å². The molecule has 73 heavy (non-hydrogen) atoms. The van der Waals surface area contributed by atoms with Crippen LogP contribution in [-0.2, 0) is 42.9 Å². The van der Waals surface area contributed by atoms with Gasteiger partial charge in [-0.15, -0.1) is 0 Å². The fourth-order valence-corrected chi connectivity index (χ4v) is 8.08. The molecule has 12 nitrogen and oxygen atoms in total. The molecule has 1 rings (SSSR count). The summed E-state index contributed by atoms with van der Waals surface area (Å²) < 4.78 is 28.2. The summed E-state index contributed by atoms with van der Waals surface area (Å²) in [7, 11) is 0. The maximum absolute atomic E-state index is 13.1. The largest absolute Gasteiger partial charge is 0.479 e. The lowest BCUT2D eigenvalue weighted by atomic mass is 9.98. The van der Waals surface area contributed by atoms with E-state index in [0.29, 0.717) is 19.3 Å². The molecule has 0 saturated carbocycles. The lowest BCUT2D eigenvalue weighted by molar-refractivity contribution is -0.301. The first kappa shape index (κ1) is 66.9. The van der Waals surface area contributed by atoms with Gasteiger partial charge in [0.1, 0.15) is 18.8 Å². The molecule has 0 radical (unpaired) electrons. The highest BCUT2D eigenvalue weighted by molar-refractivity contribution is 5.74. The third-order valence-corrected chi connectivity index (χ3v) is 12.5. The second kappa shape index (κ2) is 48.8. The zero-order valence-corrected chi connectivity index (χ0v) is 45.6. The number of carboxylic acid groups (broad SMARTS) is 1. The molecule has 416 valence electrons. The normalized spacial score (nSPS) is 18.9. The molecule has 1 aliphatic heterocycles. The maximum Gasteiger partial charge on any atom is 0.335 e. The Bertz CT molecular complexity index is 1590. The summed E-state index contributed by atoms with van der Waals surface area (Å²) in [6.07, 6.45) is 50.1. The Kier molecular flexibility index (Phi) is 44.7. The van der Waals surface area contributed by atoms with Gasteiger partial charge in [0.05, 0.1) is 13.0 Å². The molecular formula is C61H100O12. The van der Waals surface area contributed by atoms with Crippen molar-refractivity contribution < 1.29 is 58.2 Å². The summed E-state index contributed by atoms with van der Waals surface area (Å²) in [6, 6.07) is 0. The molecule has 1 saturated heterocycles. The van der Waals surface area contributed by atoms with Gasteiger partial charge in [0.25, 0.3) is 0 Å². The summed E-state index contributed by atoms with van der Waals surface area (Å²) >= 11 is 0. The second-order valence-electron chi connectivity index (χ2n) is 19.2. The smallest absolute Gasteiger partial charge is 0.335 e. The summed E-state index contributed by atoms with van der Waals surface area (Å²) in [6.45, 7) is 5.74. The molecule has 12 heteroatoms. The van der Waals surface area contributed by atoms with Gasteiger partial charge in [-0.2, -0.15) is 0 Å². The Morgan fingerprint density at radius 3 is 1.38 bits per heavy atom. The van der Waals surface area contributed by atoms with E-state index in [1.54, 1.807) is 6.08 Å². The third-order valence-electron chi connectivity index (χ3n) is 12.5. The molecule has 1 heterocycles. The molecule has 0 spiro atoms. The van der Waals surface area contributed by atoms with Gasteiger partial charge in [-0.3, -0.25) is 14.4 Å². The van der Waals surface area contributed by atoms with E-state index in [1.165, 1.54) is 64.2 Å². The number of ether oxygens (including phenoxy) is 5. The van der Waals surface area contributed by atoms with E-state index in [1.807, 2.05) is 12.2 Å². The number of carboxylic acids is 1. The quantitative estimate of drug-likeness (QED) is 0.0228. The number of allylic oxidation sites excluding steroid dienone is 13. The molecule has 0 aromatic carbocycles. The number of hydrogen-bond acceptors (Lipinski definition) is 11. The van der Waals surface area contributed by atoms with Crippen molar-refractivity contribution in [2.45, 2.75) is 263 Å². The van der Waals surface area contributed by atoms with Gasteiger partial charge in [-0.1, -0.05) is 196 Å². The molecule has 3 N–H and O–H groups in total. The van der Waals surface area contributed by atoms with E-state index in [0.717, 1.165) is 103 Å². The molecule has 1 fully saturated rings. The summed E-state index contributed by atoms with van der Waals surface area (Å²) in [5, 5.41) is 31.4. The van der Waals surface area contributed by atoms with Crippen LogP contribution in [0.4, 0.5) is 0 Å². The van der Waals surface area contributed by atoms with Crippen LogP contribution in [0.3, 0.4) is 0 Å². The van der Waals surface area contributed by atoms with E-state index >= 15 is 0 Å². The minimum Gasteiger partial charge on any atom is -0.479 e. The van der Waals surface area contributed by atoms with Crippen LogP contribution < -0.4 is 0 Å². The molecule has 1 aliphatic rings. The van der Waals surface area contributed by atoms with Gasteiger partial charge in [-0.05, 0) is 96.3 Å². The molecule has 6 atom stereocenters. The van der Waals surface area contributed by atoms with E-state index in [9.17, 15) is 34.5 Å². The molecule has 0 aromatic rings. The molecule has 0 bridgehead atoms. The fourth-order valence-electron chi connectivity index (χ4n) is 8.08. The Labute approximate surface area is 441 Å². The van der Waals surface area contributed by atoms with Gasteiger partial charge < -0.3 is 39.0 Å². The van der Waals surface area contributed by atoms with Crippen molar-refractivity contribution in [3.63, 3.8) is 0 Å². The lowest BCUT2D eigenvalue weighted by Gasteiger charge is -2.40. The molecule has 0 aliphatic carbocycles. The number of aliphatic hydroxyl groups excluding tert-OH is 2. The topological polar surface area (TPSA) is 175 Å². The number of aliphatic carboxylic acids is 1. The minimum atomic E-state index is -1.92. The highest BCUT2D eigenvalue weighted by Crippen LogP contribution is 2.26. The Morgan fingerprint density at radius 1 is 0.479 bits per heavy atom. The van der Waals surface area contributed by atoms with Crippen molar-refractivity contribution in [2.24, 2.45) is 0 Å². The number of carbonyl (C=O) groups excluding carboxylic acids is 3. The van der Waals surface area contributed by atoms with Gasteiger partial charge >= 0.3 is 23.9 Å². The van der Waals surface area contributed by atoms with Crippen molar-refractivity contribution in [1.82, 2.24) is 0 Å². The first-order chi connectivity index (χ1) is 35.6. The summed E-state index contributed by atoms with van der Waals surface area (Å²) in [4.78, 5) is 51.0. The highest BCUT2D eigenvalue weighted by Gasteiger charge is 2.50. The number of esters is 3. The first-order valence-electron chi connectivity index (χ1n) is 28.6. The molecule has 6 unspecified atom stereocenters. The molecule has 0 aromatic heterocycles. The lowest BCUT2D eigenvalue weighted by Crippen LogP contribution is -2.61. The first-order valence-corrected chi connectivity index (χ1v) is 28.6. The standard InChI is InChI=1S/C61H100O12/c1-4-7-10-13-16-19-22-25-27-30-32-35-38-41-44-47-53(62)69-50-52(71-54(63)48-45-42-39-36-33-29-24-21-18-15-12-9-6-3)51-70-61-59(57(66)56(65)58(73-61)60(67)68)72-55(64)49-46-43-40-37-34-31-28-26-23-20-17-14-11-8-5-2/h7,10,16,19,21,24-28,32,35,41,44,52,56-59,61,65-66H,4-6,8-9,11-15,17-18,20,22-23,29-31,33-34,36-40,42-43,45-51H2,1-3H3,(H,67,68)/b10-7-,19-16-,24-21-,27-25-,28-26-,35-32-,44-41-. The van der Waals surface area contributed by atoms with Crippen LogP contribution in [0.15, 0.2) is 85.1 Å². The monoisotopic (exact) mass is 1020 g/mol. The van der Waals surface area contributed by atoms with E-state index in [2.05, 4.69) is 87.6 Å². The van der Waals surface area contributed by atoms with Gasteiger partial charge in [0.2, 0.25) is 0 Å². The Balaban J connectivity index is 2.77. The summed E-state index contributed by atoms with van der Waals surface area (Å²) in [5.41, 5.74) is 0. The van der Waals surface area contributed by atoms with Crippen LogP contribution >= 0.6 is 0 Å². The van der Waals surface area contributed by atoms with Crippen molar-refractivity contribution in [2.75, 3.05) is 13.2 Å². The highest BCUT2D eigenvalue weighted by atomic mass is 16.7. The van der Waals surface area contributed by atoms with Crippen LogP contribution in [-0.4, -0.2) is 89.2 Å². The van der Waals surface area contributed by atoms with E-state index in [-0.39, 0.29) is 25.9 Å². The molecular weight excluding hydrogens is 925 g/mol. The zero-order valence-electron chi connectivity index (χ0n) is 45.6. The van der Waals surface area contributed by atoms with Crippen LogP contribution in [0.5, 0.6) is 0 Å². The maximum atomic E-state index is 13.1. The van der Waals surface area contributed by atoms with E-state index < -0.39 is 67.3 Å². The number of rotatable bonds is 47. The van der Waals surface area contributed by atoms with Gasteiger partial charge in [0, 0.05) is 12.8 Å². The second-order valence-corrected chi connectivity index (χ2v) is 19.2. The number of aliphatic hydroxyl groups is 2. The SMILES string of the molecule is CC/C=C\C/C=C\C/C=C\C/C=C\C/C=C\CC(=O)OCC(COC1OC(C(=O)O)C(O)C(O)C1OC(=O)CCCCCCC/C=C\CCCCCCCC)OC(=O)CCCCCCC/C=C\CCCCCC. The van der Waals surface area contributed by atoms with Gasteiger partial charge in [-0.25, -0.2) is 4.79 Å². The van der Waals surface area contributed by atoms with E-state index in [4.69, 9.17) is 23.7 Å². The number of carbonyl (C=O) groups is 4. The average Bonchev–Trinajstić information content (AvgIpc) is 3.37. The van der Waals surface area contributed by atoms with Crippen LogP contribution in [0.2, 0.25) is 0 Å². The van der Waals surface area contributed by atoms with Crippen LogP contribution in [0.1, 0.15) is 226 Å². The third kappa shape index (κ3) is 39.0. The average molecular weight is 1030 g/mol. The zero-order chi connectivity index (χ0) is 53.3. The number of unbranched alkanes of at least 4 members (excludes halogenated alkanes) is 20. The van der Waals surface area contributed by atoms with Crippen LogP contribution in [0.25, 0.3) is 0 Å². The van der Waals surface area contributed by atoms with Crippen molar-refractivity contribution in [1.29, 1.82) is 0 Å². The molecule has 0 amide bonds. The Hall–Kier alpha value is -4.10. The Morgan fingerprint density at radius 2 is 0.904 bits per heavy atom. The minimum absolute atomic E-state index is 0.0192. The summed E-state index contributed by atoms with van der Waals surface area (Å²) in [5.74, 6) is -3.31. The van der Waals surface area contributed by atoms with Crippen molar-refractivity contribution >= 4 is 23.9 Å². The predicted molar refractivity (Wildman–Crippen MR) is 294 cm³/mol. The number of hydrogen-bond donors (Lipinski definition) is 3. The fraction of sp³-hybridized carbons (Fsp3) is 0.705. The van der Waals surface area contributed by atoms with Gasteiger partial charge in [0.15, 0.2) is 24.6 Å². The van der Waals surface area contributed by atoms with Crippen molar-refractivity contribution in [3.8, 4) is 0 Å².